The lowest BCUT2D eigenvalue weighted by molar-refractivity contribution is 0.0380. The van der Waals surface area contributed by atoms with E-state index in [-0.39, 0.29) is 0 Å². The van der Waals surface area contributed by atoms with E-state index in [4.69, 9.17) is 10.5 Å². The van der Waals surface area contributed by atoms with Crippen LogP contribution in [0.3, 0.4) is 0 Å². The van der Waals surface area contributed by atoms with Crippen molar-refractivity contribution < 1.29 is 9.84 Å². The van der Waals surface area contributed by atoms with E-state index in [1.165, 1.54) is 19.2 Å². The molecule has 21 heavy (non-hydrogen) atoms. The van der Waals surface area contributed by atoms with Crippen molar-refractivity contribution in [2.75, 3.05) is 24.2 Å². The Kier molecular flexibility index (Phi) is 5.61. The highest BCUT2D eigenvalue weighted by Crippen LogP contribution is 2.29. The van der Waals surface area contributed by atoms with Gasteiger partial charge in [-0.3, -0.25) is 0 Å². The van der Waals surface area contributed by atoms with Crippen molar-refractivity contribution in [1.82, 2.24) is 9.97 Å². The molecule has 0 aliphatic heterocycles. The normalized spacial score (nSPS) is 18.0. The number of nitrogen functional groups attached to an aromatic ring is 1. The first-order valence-corrected chi connectivity index (χ1v) is 7.84. The third-order valence-electron chi connectivity index (χ3n) is 3.91. The molecule has 6 heteroatoms. The van der Waals surface area contributed by atoms with Gasteiger partial charge in [-0.2, -0.15) is 4.98 Å². The van der Waals surface area contributed by atoms with Crippen LogP contribution in [-0.4, -0.2) is 33.8 Å². The van der Waals surface area contributed by atoms with E-state index < -0.39 is 5.60 Å². The van der Waals surface area contributed by atoms with Gasteiger partial charge in [0.25, 0.3) is 0 Å². The molecule has 0 bridgehead atoms. The molecule has 0 amide bonds. The Morgan fingerprint density at radius 1 is 1.29 bits per heavy atom. The van der Waals surface area contributed by atoms with Crippen molar-refractivity contribution in [3.63, 3.8) is 0 Å². The van der Waals surface area contributed by atoms with Crippen LogP contribution < -0.4 is 15.8 Å². The van der Waals surface area contributed by atoms with Crippen molar-refractivity contribution in [2.45, 2.75) is 57.5 Å². The highest BCUT2D eigenvalue weighted by Gasteiger charge is 2.28. The van der Waals surface area contributed by atoms with Crippen LogP contribution in [0.15, 0.2) is 6.33 Å². The molecule has 0 unspecified atom stereocenters. The number of nitrogens with zero attached hydrogens (tertiary/aromatic N) is 2. The summed E-state index contributed by atoms with van der Waals surface area (Å²) in [5.74, 6) is 0.941. The van der Waals surface area contributed by atoms with E-state index in [0.717, 1.165) is 32.1 Å². The van der Waals surface area contributed by atoms with Gasteiger partial charge in [0.05, 0.1) is 12.2 Å². The summed E-state index contributed by atoms with van der Waals surface area (Å²) in [4.78, 5) is 8.19. The van der Waals surface area contributed by atoms with Gasteiger partial charge in [0.1, 0.15) is 12.0 Å². The number of anilines is 2. The zero-order valence-electron chi connectivity index (χ0n) is 12.8. The summed E-state index contributed by atoms with van der Waals surface area (Å²) < 4.78 is 5.48. The maximum atomic E-state index is 10.6. The van der Waals surface area contributed by atoms with E-state index in [9.17, 15) is 5.11 Å². The molecule has 1 heterocycles. The molecule has 0 saturated heterocycles. The molecule has 6 nitrogen and oxygen atoms in total. The molecule has 1 fully saturated rings. The highest BCUT2D eigenvalue weighted by molar-refractivity contribution is 5.66. The molecule has 118 valence electrons. The molecular weight excluding hydrogens is 268 g/mol. The SMILES string of the molecule is CCCOc1ncnc(NCC2(O)CCCCCC2)c1N. The lowest BCUT2D eigenvalue weighted by atomic mass is 9.94. The first-order chi connectivity index (χ1) is 10.1. The number of hydrogen-bond donors (Lipinski definition) is 3. The predicted molar refractivity (Wildman–Crippen MR) is 83.4 cm³/mol. The van der Waals surface area contributed by atoms with Crippen LogP contribution in [0.25, 0.3) is 0 Å². The minimum Gasteiger partial charge on any atom is -0.476 e. The second-order valence-corrected chi connectivity index (χ2v) is 5.78. The van der Waals surface area contributed by atoms with Crippen LogP contribution in [0.4, 0.5) is 11.5 Å². The van der Waals surface area contributed by atoms with E-state index in [1.807, 2.05) is 6.92 Å². The molecule has 1 aromatic rings. The number of ether oxygens (including phenoxy) is 1. The number of aromatic nitrogens is 2. The van der Waals surface area contributed by atoms with Gasteiger partial charge < -0.3 is 20.9 Å². The fourth-order valence-corrected chi connectivity index (χ4v) is 2.65. The van der Waals surface area contributed by atoms with Gasteiger partial charge in [0, 0.05) is 6.54 Å². The zero-order valence-corrected chi connectivity index (χ0v) is 12.8. The van der Waals surface area contributed by atoms with E-state index >= 15 is 0 Å². The number of hydrogen-bond acceptors (Lipinski definition) is 6. The summed E-state index contributed by atoms with van der Waals surface area (Å²) in [6.45, 7) is 3.06. The fourth-order valence-electron chi connectivity index (χ4n) is 2.65. The third kappa shape index (κ3) is 4.46. The monoisotopic (exact) mass is 294 g/mol. The largest absolute Gasteiger partial charge is 0.476 e. The van der Waals surface area contributed by atoms with Crippen molar-refractivity contribution in [3.05, 3.63) is 6.33 Å². The van der Waals surface area contributed by atoms with Gasteiger partial charge in [-0.05, 0) is 19.3 Å². The van der Waals surface area contributed by atoms with Gasteiger partial charge in [0.15, 0.2) is 5.82 Å². The van der Waals surface area contributed by atoms with Crippen LogP contribution in [0.2, 0.25) is 0 Å². The average Bonchev–Trinajstić information content (AvgIpc) is 2.70. The topological polar surface area (TPSA) is 93.3 Å². The molecule has 0 spiro atoms. The second-order valence-electron chi connectivity index (χ2n) is 5.78. The third-order valence-corrected chi connectivity index (χ3v) is 3.91. The van der Waals surface area contributed by atoms with Gasteiger partial charge in [-0.1, -0.05) is 32.6 Å². The maximum Gasteiger partial charge on any atom is 0.242 e. The lowest BCUT2D eigenvalue weighted by Gasteiger charge is -2.27. The van der Waals surface area contributed by atoms with Crippen molar-refractivity contribution in [1.29, 1.82) is 0 Å². The smallest absolute Gasteiger partial charge is 0.242 e. The van der Waals surface area contributed by atoms with Crippen LogP contribution in [0, 0.1) is 0 Å². The van der Waals surface area contributed by atoms with Gasteiger partial charge >= 0.3 is 0 Å². The minimum atomic E-state index is -0.668. The average molecular weight is 294 g/mol. The Labute approximate surface area is 126 Å². The highest BCUT2D eigenvalue weighted by atomic mass is 16.5. The first kappa shape index (κ1) is 15.8. The Bertz CT molecular complexity index is 445. The number of nitrogens with one attached hydrogen (secondary N) is 1. The number of nitrogens with two attached hydrogens (primary N) is 1. The quantitative estimate of drug-likeness (QED) is 0.697. The molecule has 1 aliphatic carbocycles. The van der Waals surface area contributed by atoms with E-state index in [1.54, 1.807) is 0 Å². The summed E-state index contributed by atoms with van der Waals surface area (Å²) in [5, 5.41) is 13.8. The second kappa shape index (κ2) is 7.45. The van der Waals surface area contributed by atoms with Gasteiger partial charge in [-0.25, -0.2) is 4.98 Å². The lowest BCUT2D eigenvalue weighted by Crippen LogP contribution is -2.36. The Morgan fingerprint density at radius 3 is 2.67 bits per heavy atom. The zero-order chi connectivity index (χ0) is 15.1. The van der Waals surface area contributed by atoms with Crippen LogP contribution >= 0.6 is 0 Å². The summed E-state index contributed by atoms with van der Waals surface area (Å²) in [5.41, 5.74) is 5.76. The van der Waals surface area contributed by atoms with Crippen molar-refractivity contribution >= 4 is 11.5 Å². The Morgan fingerprint density at radius 2 is 2.00 bits per heavy atom. The van der Waals surface area contributed by atoms with Gasteiger partial charge in [0.2, 0.25) is 5.88 Å². The number of rotatable bonds is 6. The molecule has 2 rings (SSSR count). The van der Waals surface area contributed by atoms with Gasteiger partial charge in [-0.15, -0.1) is 0 Å². The molecule has 1 aromatic heterocycles. The number of aliphatic hydroxyl groups is 1. The van der Waals surface area contributed by atoms with Crippen LogP contribution in [0.1, 0.15) is 51.9 Å². The van der Waals surface area contributed by atoms with Crippen LogP contribution in [-0.2, 0) is 0 Å². The molecule has 0 atom stereocenters. The summed E-state index contributed by atoms with van der Waals surface area (Å²) in [7, 11) is 0. The Hall–Kier alpha value is -1.56. The first-order valence-electron chi connectivity index (χ1n) is 7.84. The summed E-state index contributed by atoms with van der Waals surface area (Å²) in [6, 6.07) is 0. The molecule has 0 aromatic carbocycles. The summed E-state index contributed by atoms with van der Waals surface area (Å²) >= 11 is 0. The standard InChI is InChI=1S/C15H26N4O2/c1-2-9-21-14-12(16)13(18-11-19-14)17-10-15(20)7-5-3-4-6-8-15/h11,20H,2-10,16H2,1H3,(H,17,18,19). The van der Waals surface area contributed by atoms with E-state index in [2.05, 4.69) is 15.3 Å². The van der Waals surface area contributed by atoms with Crippen molar-refractivity contribution in [3.8, 4) is 5.88 Å². The fraction of sp³-hybridized carbons (Fsp3) is 0.733. The molecule has 4 N–H and O–H groups in total. The van der Waals surface area contributed by atoms with E-state index in [0.29, 0.717) is 30.5 Å². The summed E-state index contributed by atoms with van der Waals surface area (Å²) in [6.07, 6.45) is 8.52. The van der Waals surface area contributed by atoms with Crippen LogP contribution in [0.5, 0.6) is 5.88 Å². The molecule has 1 aliphatic rings. The molecule has 1 saturated carbocycles. The minimum absolute atomic E-state index is 0.405. The predicted octanol–water partition coefficient (Wildman–Crippen LogP) is 2.34. The maximum absolute atomic E-state index is 10.6. The molecular formula is C15H26N4O2. The van der Waals surface area contributed by atoms with Crippen molar-refractivity contribution in [2.24, 2.45) is 0 Å². The Balaban J connectivity index is 1.98. The molecule has 0 radical (unpaired) electrons.